The average Bonchev–Trinajstić information content (AvgIpc) is 3.37. The number of aromatic nitrogens is 3. The summed E-state index contributed by atoms with van der Waals surface area (Å²) < 4.78 is 6.62. The highest BCUT2D eigenvalue weighted by atomic mass is 32.2. The summed E-state index contributed by atoms with van der Waals surface area (Å²) in [7, 11) is 0. The van der Waals surface area contributed by atoms with Gasteiger partial charge in [0.05, 0.1) is 11.4 Å². The Morgan fingerprint density at radius 3 is 2.81 bits per heavy atom. The van der Waals surface area contributed by atoms with Crippen molar-refractivity contribution in [3.8, 4) is 0 Å². The van der Waals surface area contributed by atoms with Crippen LogP contribution in [0, 0.1) is 0 Å². The smallest absolute Gasteiger partial charge is 0.288 e. The highest BCUT2D eigenvalue weighted by molar-refractivity contribution is 8.14. The number of carbonyl (C=O) groups excluding carboxylic acids is 2. The second kappa shape index (κ2) is 9.35. The van der Waals surface area contributed by atoms with E-state index in [1.165, 1.54) is 4.90 Å². The van der Waals surface area contributed by atoms with Gasteiger partial charge in [0.15, 0.2) is 11.7 Å². The molecular formula is C21H19N6O3S+. The summed E-state index contributed by atoms with van der Waals surface area (Å²) in [6, 6.07) is 12.8. The van der Waals surface area contributed by atoms with Gasteiger partial charge in [-0.15, -0.1) is 0 Å². The Bertz CT molecular complexity index is 1140. The summed E-state index contributed by atoms with van der Waals surface area (Å²) in [6.45, 7) is 2.54. The standard InChI is InChI=1S/C21H18N6O3S/c1-2-26-13-19(30-25-26)24-18(28)14-31-21-23-17(11-15-7-6-10-22-12-15)20(29)27(21)16-8-4-3-5-9-16/h3-13H,2,14H2,1H3/p+1/b17-11+. The minimum atomic E-state index is -0.294. The van der Waals surface area contributed by atoms with Gasteiger partial charge in [-0.05, 0) is 36.8 Å². The Morgan fingerprint density at radius 2 is 2.10 bits per heavy atom. The van der Waals surface area contributed by atoms with Crippen molar-refractivity contribution in [2.45, 2.75) is 13.5 Å². The van der Waals surface area contributed by atoms with E-state index in [1.807, 2.05) is 43.3 Å². The molecule has 2 aromatic heterocycles. The molecule has 0 bridgehead atoms. The Morgan fingerprint density at radius 1 is 1.26 bits per heavy atom. The third-order valence-electron chi connectivity index (χ3n) is 4.26. The number of nitrogens with one attached hydrogen (secondary N) is 1. The van der Waals surface area contributed by atoms with Crippen LogP contribution in [0.5, 0.6) is 0 Å². The van der Waals surface area contributed by atoms with Crippen LogP contribution in [0.1, 0.15) is 12.5 Å². The Kier molecular flexibility index (Phi) is 6.18. The van der Waals surface area contributed by atoms with E-state index in [4.69, 9.17) is 4.52 Å². The van der Waals surface area contributed by atoms with E-state index in [2.05, 4.69) is 20.6 Å². The fourth-order valence-corrected chi connectivity index (χ4v) is 3.62. The molecule has 10 heteroatoms. The zero-order valence-corrected chi connectivity index (χ0v) is 17.5. The molecule has 0 spiro atoms. The van der Waals surface area contributed by atoms with Crippen LogP contribution in [0.15, 0.2) is 76.3 Å². The monoisotopic (exact) mass is 435 g/mol. The second-order valence-electron chi connectivity index (χ2n) is 6.45. The van der Waals surface area contributed by atoms with Gasteiger partial charge in [-0.2, -0.15) is 0 Å². The molecule has 0 radical (unpaired) electrons. The molecule has 1 aromatic carbocycles. The molecule has 9 nitrogen and oxygen atoms in total. The molecule has 3 aromatic rings. The number of thioether (sulfide) groups is 1. The largest absolute Gasteiger partial charge is 0.302 e. The minimum absolute atomic E-state index is 0.0441. The zero-order valence-electron chi connectivity index (χ0n) is 16.6. The lowest BCUT2D eigenvalue weighted by molar-refractivity contribution is -0.759. The van der Waals surface area contributed by atoms with Crippen molar-refractivity contribution in [2.75, 3.05) is 16.0 Å². The number of aliphatic imine (C=N–C) groups is 1. The molecule has 4 rings (SSSR count). The van der Waals surface area contributed by atoms with Crippen molar-refractivity contribution < 1.29 is 18.8 Å². The maximum Gasteiger partial charge on any atom is 0.302 e. The third kappa shape index (κ3) is 4.86. The van der Waals surface area contributed by atoms with Gasteiger partial charge in [0, 0.05) is 12.4 Å². The number of anilines is 2. The summed E-state index contributed by atoms with van der Waals surface area (Å²) in [6.07, 6.45) is 6.59. The van der Waals surface area contributed by atoms with Gasteiger partial charge in [-0.1, -0.05) is 40.7 Å². The van der Waals surface area contributed by atoms with Crippen LogP contribution in [0.2, 0.25) is 0 Å². The summed E-state index contributed by atoms with van der Waals surface area (Å²) in [4.78, 5) is 35.5. The maximum absolute atomic E-state index is 13.1. The molecule has 1 aliphatic rings. The van der Waals surface area contributed by atoms with E-state index in [-0.39, 0.29) is 29.1 Å². The fraction of sp³-hybridized carbons (Fsp3) is 0.143. The molecule has 0 aliphatic carbocycles. The molecule has 3 heterocycles. The Balaban J connectivity index is 1.53. The van der Waals surface area contributed by atoms with Gasteiger partial charge in [0.25, 0.3) is 12.1 Å². The molecule has 156 valence electrons. The van der Waals surface area contributed by atoms with Crippen LogP contribution >= 0.6 is 11.8 Å². The van der Waals surface area contributed by atoms with Gasteiger partial charge < -0.3 is 0 Å². The lowest BCUT2D eigenvalue weighted by Gasteiger charge is -2.17. The van der Waals surface area contributed by atoms with E-state index >= 15 is 0 Å². The van der Waals surface area contributed by atoms with Crippen molar-refractivity contribution in [3.05, 3.63) is 72.3 Å². The van der Waals surface area contributed by atoms with Crippen LogP contribution in [0.3, 0.4) is 0 Å². The second-order valence-corrected chi connectivity index (χ2v) is 7.39. The first-order valence-corrected chi connectivity index (χ1v) is 10.5. The predicted octanol–water partition coefficient (Wildman–Crippen LogP) is 2.49. The molecule has 1 N–H and O–H groups in total. The zero-order chi connectivity index (χ0) is 21.6. The van der Waals surface area contributed by atoms with Crippen molar-refractivity contribution in [2.24, 2.45) is 4.99 Å². The van der Waals surface area contributed by atoms with E-state index in [9.17, 15) is 9.59 Å². The lowest BCUT2D eigenvalue weighted by Crippen LogP contribution is -2.33. The number of pyridine rings is 1. The Hall–Kier alpha value is -3.79. The first kappa shape index (κ1) is 20.5. The quantitative estimate of drug-likeness (QED) is 0.471. The molecule has 0 atom stereocenters. The normalized spacial score (nSPS) is 14.7. The molecule has 2 amide bonds. The average molecular weight is 435 g/mol. The molecule has 0 fully saturated rings. The summed E-state index contributed by atoms with van der Waals surface area (Å²) in [5, 5.41) is 6.83. The van der Waals surface area contributed by atoms with Gasteiger partial charge >= 0.3 is 5.88 Å². The van der Waals surface area contributed by atoms with E-state index in [0.717, 1.165) is 17.3 Å². The first-order valence-electron chi connectivity index (χ1n) is 9.53. The minimum Gasteiger partial charge on any atom is -0.288 e. The number of rotatable bonds is 6. The molecule has 0 unspecified atom stereocenters. The summed E-state index contributed by atoms with van der Waals surface area (Å²) >= 11 is 1.16. The maximum atomic E-state index is 13.1. The fourth-order valence-electron chi connectivity index (χ4n) is 2.80. The van der Waals surface area contributed by atoms with Crippen molar-refractivity contribution >= 4 is 46.4 Å². The number of amides is 2. The predicted molar refractivity (Wildman–Crippen MR) is 117 cm³/mol. The number of aryl methyl sites for hydroxylation is 1. The van der Waals surface area contributed by atoms with E-state index < -0.39 is 0 Å². The van der Waals surface area contributed by atoms with Crippen molar-refractivity contribution in [3.63, 3.8) is 0 Å². The highest BCUT2D eigenvalue weighted by Gasteiger charge is 2.32. The van der Waals surface area contributed by atoms with Crippen LogP contribution in [-0.2, 0) is 16.1 Å². The number of para-hydroxylation sites is 1. The summed E-state index contributed by atoms with van der Waals surface area (Å²) in [5.41, 5.74) is 1.72. The van der Waals surface area contributed by atoms with Gasteiger partial charge in [-0.25, -0.2) is 4.99 Å². The lowest BCUT2D eigenvalue weighted by atomic mass is 10.2. The third-order valence-corrected chi connectivity index (χ3v) is 5.20. The van der Waals surface area contributed by atoms with Gasteiger partial charge in [0.1, 0.15) is 5.70 Å². The van der Waals surface area contributed by atoms with Gasteiger partial charge in [-0.3, -0.25) is 29.3 Å². The highest BCUT2D eigenvalue weighted by Crippen LogP contribution is 2.29. The number of benzene rings is 1. The number of carbonyl (C=O) groups is 2. The topological polar surface area (TPSA) is 105 Å². The number of hydrogen-bond acceptors (Lipinski definition) is 7. The van der Waals surface area contributed by atoms with Gasteiger partial charge in [0.2, 0.25) is 11.2 Å². The van der Waals surface area contributed by atoms with Crippen LogP contribution in [0.4, 0.5) is 11.6 Å². The number of hydrogen-bond donors (Lipinski definition) is 1. The van der Waals surface area contributed by atoms with Crippen molar-refractivity contribution in [1.82, 2.24) is 10.3 Å². The van der Waals surface area contributed by atoms with Crippen LogP contribution < -0.4 is 14.9 Å². The van der Waals surface area contributed by atoms with Crippen LogP contribution in [-0.4, -0.2) is 33.0 Å². The molecule has 0 saturated heterocycles. The molecular weight excluding hydrogens is 416 g/mol. The SMILES string of the molecule is CC[n+]1cc(NC(=O)CSC2=N/C(=C/c3cccnc3)C(=O)N2c2ccccc2)on1. The van der Waals surface area contributed by atoms with E-state index in [0.29, 0.717) is 17.4 Å². The molecule has 0 saturated carbocycles. The van der Waals surface area contributed by atoms with Crippen LogP contribution in [0.25, 0.3) is 6.08 Å². The number of nitrogens with zero attached hydrogens (tertiary/aromatic N) is 5. The molecule has 1 aliphatic heterocycles. The Labute approximate surface area is 182 Å². The molecule has 31 heavy (non-hydrogen) atoms. The summed E-state index contributed by atoms with van der Waals surface area (Å²) in [5.74, 6) is -0.258. The van der Waals surface area contributed by atoms with E-state index in [1.54, 1.807) is 35.4 Å². The van der Waals surface area contributed by atoms with Crippen molar-refractivity contribution in [1.29, 1.82) is 0 Å². The first-order chi connectivity index (χ1) is 15.1. The number of amidine groups is 1.